The summed E-state index contributed by atoms with van der Waals surface area (Å²) in [4.78, 5) is 40.6. The fourth-order valence-electron chi connectivity index (χ4n) is 3.54. The van der Waals surface area contributed by atoms with Crippen molar-refractivity contribution in [1.29, 1.82) is 0 Å². The number of carbonyl (C=O) groups is 3. The zero-order valence-electron chi connectivity index (χ0n) is 15.3. The lowest BCUT2D eigenvalue weighted by atomic mass is 9.96. The van der Waals surface area contributed by atoms with E-state index in [1.54, 1.807) is 4.90 Å². The molecule has 0 aliphatic carbocycles. The lowest BCUT2D eigenvalue weighted by Gasteiger charge is -2.35. The van der Waals surface area contributed by atoms with E-state index in [1.165, 1.54) is 11.8 Å². The molecular weight excluding hydrogens is 374 g/mol. The zero-order chi connectivity index (χ0) is 19.5. The molecule has 2 heterocycles. The molecule has 7 heteroatoms. The number of fused-ring (bicyclic) bond motifs is 1. The first-order valence-electron chi connectivity index (χ1n) is 9.33. The van der Waals surface area contributed by atoms with E-state index in [0.29, 0.717) is 13.1 Å². The van der Waals surface area contributed by atoms with Gasteiger partial charge in [-0.25, -0.2) is 0 Å². The predicted molar refractivity (Wildman–Crippen MR) is 109 cm³/mol. The SMILES string of the molecule is O=C(Nc1ccccc1)C1CCCN(C(=O)C2Sc3ccccc3NC2=O)C1. The number of benzene rings is 2. The van der Waals surface area contributed by atoms with Crippen LogP contribution in [-0.4, -0.2) is 41.0 Å². The highest BCUT2D eigenvalue weighted by atomic mass is 32.2. The number of nitrogens with one attached hydrogen (secondary N) is 2. The molecule has 0 saturated carbocycles. The van der Waals surface area contributed by atoms with Crippen LogP contribution in [0.4, 0.5) is 11.4 Å². The number of piperidine rings is 1. The van der Waals surface area contributed by atoms with Crippen molar-refractivity contribution < 1.29 is 14.4 Å². The minimum absolute atomic E-state index is 0.0882. The van der Waals surface area contributed by atoms with Gasteiger partial charge >= 0.3 is 0 Å². The standard InChI is InChI=1S/C21H21N3O3S/c25-19(22-15-8-2-1-3-9-15)14-7-6-12-24(13-14)21(27)18-20(26)23-16-10-4-5-11-17(16)28-18/h1-5,8-11,14,18H,6-7,12-13H2,(H,22,25)(H,23,26). The summed E-state index contributed by atoms with van der Waals surface area (Å²) in [7, 11) is 0. The van der Waals surface area contributed by atoms with Gasteiger partial charge in [-0.05, 0) is 37.1 Å². The second-order valence-electron chi connectivity index (χ2n) is 6.96. The Labute approximate surface area is 167 Å². The third-order valence-corrected chi connectivity index (χ3v) is 6.26. The maximum atomic E-state index is 13.0. The molecule has 1 saturated heterocycles. The molecule has 0 aromatic heterocycles. The largest absolute Gasteiger partial charge is 0.340 e. The van der Waals surface area contributed by atoms with Crippen molar-refractivity contribution in [2.45, 2.75) is 23.0 Å². The van der Waals surface area contributed by atoms with Crippen LogP contribution < -0.4 is 10.6 Å². The molecule has 0 bridgehead atoms. The number of anilines is 2. The Bertz CT molecular complexity index is 903. The number of amides is 3. The molecule has 1 fully saturated rings. The first kappa shape index (κ1) is 18.6. The monoisotopic (exact) mass is 395 g/mol. The van der Waals surface area contributed by atoms with E-state index < -0.39 is 5.25 Å². The smallest absolute Gasteiger partial charge is 0.247 e. The molecule has 28 heavy (non-hydrogen) atoms. The van der Waals surface area contributed by atoms with Crippen LogP contribution in [0.1, 0.15) is 12.8 Å². The zero-order valence-corrected chi connectivity index (χ0v) is 16.1. The average Bonchev–Trinajstić information content (AvgIpc) is 2.73. The lowest BCUT2D eigenvalue weighted by Crippen LogP contribution is -2.50. The van der Waals surface area contributed by atoms with Crippen LogP contribution in [0.15, 0.2) is 59.5 Å². The van der Waals surface area contributed by atoms with E-state index in [0.717, 1.165) is 29.1 Å². The quantitative estimate of drug-likeness (QED) is 0.783. The van der Waals surface area contributed by atoms with Gasteiger partial charge in [-0.3, -0.25) is 14.4 Å². The van der Waals surface area contributed by atoms with Crippen LogP contribution in [0.3, 0.4) is 0 Å². The molecule has 2 atom stereocenters. The van der Waals surface area contributed by atoms with E-state index in [2.05, 4.69) is 10.6 Å². The van der Waals surface area contributed by atoms with E-state index >= 15 is 0 Å². The number of likely N-dealkylation sites (tertiary alicyclic amines) is 1. The van der Waals surface area contributed by atoms with Crippen LogP contribution in [0, 0.1) is 5.92 Å². The molecule has 4 rings (SSSR count). The fourth-order valence-corrected chi connectivity index (χ4v) is 4.61. The van der Waals surface area contributed by atoms with Crippen LogP contribution in [-0.2, 0) is 14.4 Å². The molecule has 2 unspecified atom stereocenters. The molecule has 144 valence electrons. The maximum Gasteiger partial charge on any atom is 0.247 e. The summed E-state index contributed by atoms with van der Waals surface area (Å²) in [6.07, 6.45) is 1.48. The molecular formula is C21H21N3O3S. The lowest BCUT2D eigenvalue weighted by molar-refractivity contribution is -0.136. The molecule has 2 aliphatic rings. The molecule has 6 nitrogen and oxygen atoms in total. The molecule has 0 spiro atoms. The van der Waals surface area contributed by atoms with Crippen LogP contribution in [0.25, 0.3) is 0 Å². The van der Waals surface area contributed by atoms with Crippen molar-refractivity contribution in [3.8, 4) is 0 Å². The minimum Gasteiger partial charge on any atom is -0.340 e. The average molecular weight is 395 g/mol. The summed E-state index contributed by atoms with van der Waals surface area (Å²) >= 11 is 1.28. The minimum atomic E-state index is -0.814. The van der Waals surface area contributed by atoms with Gasteiger partial charge in [0.1, 0.15) is 0 Å². The Morgan fingerprint density at radius 2 is 1.82 bits per heavy atom. The van der Waals surface area contributed by atoms with Gasteiger partial charge < -0.3 is 15.5 Å². The molecule has 2 aromatic carbocycles. The molecule has 2 N–H and O–H groups in total. The molecule has 2 aliphatic heterocycles. The number of carbonyl (C=O) groups excluding carboxylic acids is 3. The number of hydrogen-bond donors (Lipinski definition) is 2. The van der Waals surface area contributed by atoms with Gasteiger partial charge in [-0.2, -0.15) is 0 Å². The fraction of sp³-hybridized carbons (Fsp3) is 0.286. The Morgan fingerprint density at radius 3 is 2.64 bits per heavy atom. The van der Waals surface area contributed by atoms with E-state index in [-0.39, 0.29) is 23.6 Å². The molecule has 3 amide bonds. The Balaban J connectivity index is 1.42. The van der Waals surface area contributed by atoms with Gasteiger partial charge in [0.15, 0.2) is 5.25 Å². The normalized spacial score (nSPS) is 21.4. The highest BCUT2D eigenvalue weighted by molar-refractivity contribution is 8.01. The highest BCUT2D eigenvalue weighted by Gasteiger charge is 2.38. The summed E-state index contributed by atoms with van der Waals surface area (Å²) in [5, 5.41) is 4.91. The Kier molecular flexibility index (Phi) is 5.34. The van der Waals surface area contributed by atoms with Crippen LogP contribution in [0.2, 0.25) is 0 Å². The van der Waals surface area contributed by atoms with Crippen LogP contribution in [0.5, 0.6) is 0 Å². The van der Waals surface area contributed by atoms with Crippen molar-refractivity contribution in [3.63, 3.8) is 0 Å². The summed E-state index contributed by atoms with van der Waals surface area (Å²) in [5.41, 5.74) is 1.48. The summed E-state index contributed by atoms with van der Waals surface area (Å²) < 4.78 is 0. The van der Waals surface area contributed by atoms with E-state index in [1.807, 2.05) is 54.6 Å². The number of thioether (sulfide) groups is 1. The highest BCUT2D eigenvalue weighted by Crippen LogP contribution is 2.36. The topological polar surface area (TPSA) is 78.5 Å². The number of para-hydroxylation sites is 2. The van der Waals surface area contributed by atoms with Crippen molar-refractivity contribution in [2.75, 3.05) is 23.7 Å². The molecule has 0 radical (unpaired) electrons. The van der Waals surface area contributed by atoms with Gasteiger partial charge in [0.05, 0.1) is 11.6 Å². The maximum absolute atomic E-state index is 13.0. The second kappa shape index (κ2) is 8.06. The Hall–Kier alpha value is -2.80. The number of nitrogens with zero attached hydrogens (tertiary/aromatic N) is 1. The van der Waals surface area contributed by atoms with Gasteiger partial charge in [-0.1, -0.05) is 30.3 Å². The van der Waals surface area contributed by atoms with E-state index in [4.69, 9.17) is 0 Å². The van der Waals surface area contributed by atoms with Gasteiger partial charge in [0, 0.05) is 23.7 Å². The Morgan fingerprint density at radius 1 is 1.07 bits per heavy atom. The summed E-state index contributed by atoms with van der Waals surface area (Å²) in [5.74, 6) is -0.893. The predicted octanol–water partition coefficient (Wildman–Crippen LogP) is 2.98. The summed E-state index contributed by atoms with van der Waals surface area (Å²) in [6, 6.07) is 16.7. The van der Waals surface area contributed by atoms with Crippen molar-refractivity contribution >= 4 is 40.9 Å². The third kappa shape index (κ3) is 3.89. The van der Waals surface area contributed by atoms with Gasteiger partial charge in [0.25, 0.3) is 0 Å². The number of rotatable bonds is 3. The van der Waals surface area contributed by atoms with E-state index in [9.17, 15) is 14.4 Å². The summed E-state index contributed by atoms with van der Waals surface area (Å²) in [6.45, 7) is 0.906. The first-order chi connectivity index (χ1) is 13.6. The van der Waals surface area contributed by atoms with Crippen molar-refractivity contribution in [1.82, 2.24) is 4.90 Å². The van der Waals surface area contributed by atoms with Gasteiger partial charge in [0.2, 0.25) is 17.7 Å². The first-order valence-corrected chi connectivity index (χ1v) is 10.2. The second-order valence-corrected chi connectivity index (χ2v) is 8.11. The number of hydrogen-bond acceptors (Lipinski definition) is 4. The van der Waals surface area contributed by atoms with Crippen LogP contribution >= 0.6 is 11.8 Å². The molecule has 2 aromatic rings. The van der Waals surface area contributed by atoms with Crippen molar-refractivity contribution in [3.05, 3.63) is 54.6 Å². The van der Waals surface area contributed by atoms with Crippen molar-refractivity contribution in [2.24, 2.45) is 5.92 Å². The third-order valence-electron chi connectivity index (χ3n) is 5.00. The van der Waals surface area contributed by atoms with Gasteiger partial charge in [-0.15, -0.1) is 11.8 Å².